The summed E-state index contributed by atoms with van der Waals surface area (Å²) in [5, 5.41) is 0. The van der Waals surface area contributed by atoms with Crippen molar-refractivity contribution in [3.8, 4) is 0 Å². The first-order chi connectivity index (χ1) is 5.58. The molecule has 2 nitrogen and oxygen atoms in total. The van der Waals surface area contributed by atoms with Gasteiger partial charge in [0.2, 0.25) is 11.9 Å². The van der Waals surface area contributed by atoms with Gasteiger partial charge in [0.25, 0.3) is 0 Å². The van der Waals surface area contributed by atoms with Crippen molar-refractivity contribution in [3.05, 3.63) is 23.8 Å². The summed E-state index contributed by atoms with van der Waals surface area (Å²) in [5.74, 6) is -2.10. The fraction of sp³-hybridized carbons (Fsp3) is 0.429. The van der Waals surface area contributed by atoms with Gasteiger partial charge in [-0.25, -0.2) is 14.4 Å². The third-order valence-corrected chi connectivity index (χ3v) is 1.17. The fourth-order valence-corrected chi connectivity index (χ4v) is 0.777. The lowest BCUT2D eigenvalue weighted by Crippen LogP contribution is -2.06. The van der Waals surface area contributed by atoms with Crippen LogP contribution in [0.2, 0.25) is 0 Å². The smallest absolute Gasteiger partial charge is 0.219 e. The molecule has 0 fully saturated rings. The van der Waals surface area contributed by atoms with Crippen LogP contribution in [0.25, 0.3) is 0 Å². The normalized spacial score (nSPS) is 13.0. The van der Waals surface area contributed by atoms with Crippen LogP contribution in [0.1, 0.15) is 12.7 Å². The van der Waals surface area contributed by atoms with Crippen LogP contribution in [0.3, 0.4) is 0 Å². The van der Waals surface area contributed by atoms with Crippen LogP contribution >= 0.6 is 0 Å². The molecule has 0 bridgehead atoms. The Labute approximate surface area is 67.5 Å². The molecule has 0 radical (unpaired) electrons. The molecule has 1 unspecified atom stereocenters. The zero-order valence-corrected chi connectivity index (χ0v) is 6.39. The number of hydrogen-bond acceptors (Lipinski definition) is 2. The van der Waals surface area contributed by atoms with Crippen LogP contribution in [-0.4, -0.2) is 16.1 Å². The van der Waals surface area contributed by atoms with Gasteiger partial charge in [-0.3, -0.25) is 0 Å². The Balaban J connectivity index is 2.85. The predicted octanol–water partition coefficient (Wildman–Crippen LogP) is 1.66. The first kappa shape index (κ1) is 8.96. The number of alkyl halides is 1. The molecule has 66 valence electrons. The van der Waals surface area contributed by atoms with E-state index in [1.165, 1.54) is 6.92 Å². The number of rotatable bonds is 2. The van der Waals surface area contributed by atoms with Crippen molar-refractivity contribution in [1.82, 2.24) is 9.97 Å². The third kappa shape index (κ3) is 2.48. The van der Waals surface area contributed by atoms with Crippen LogP contribution < -0.4 is 0 Å². The van der Waals surface area contributed by atoms with Gasteiger partial charge < -0.3 is 0 Å². The van der Waals surface area contributed by atoms with E-state index in [1.807, 2.05) is 0 Å². The number of aromatic nitrogens is 2. The first-order valence-corrected chi connectivity index (χ1v) is 3.41. The Morgan fingerprint density at radius 1 is 1.33 bits per heavy atom. The van der Waals surface area contributed by atoms with Gasteiger partial charge in [-0.2, -0.15) is 8.78 Å². The van der Waals surface area contributed by atoms with Crippen molar-refractivity contribution in [2.24, 2.45) is 0 Å². The SMILES string of the molecule is CC(F)Cc1nc(F)cc(F)n1. The Morgan fingerprint density at radius 2 is 1.83 bits per heavy atom. The zero-order valence-electron chi connectivity index (χ0n) is 6.39. The van der Waals surface area contributed by atoms with Crippen LogP contribution in [-0.2, 0) is 6.42 Å². The molecule has 0 saturated heterocycles. The van der Waals surface area contributed by atoms with Gasteiger partial charge >= 0.3 is 0 Å². The highest BCUT2D eigenvalue weighted by molar-refractivity contribution is 4.94. The van der Waals surface area contributed by atoms with Crippen LogP contribution in [0.4, 0.5) is 13.2 Å². The van der Waals surface area contributed by atoms with Crippen molar-refractivity contribution < 1.29 is 13.2 Å². The molecule has 0 N–H and O–H groups in total. The average Bonchev–Trinajstić information content (AvgIpc) is 1.81. The molecule has 0 saturated carbocycles. The van der Waals surface area contributed by atoms with Gasteiger partial charge in [0.1, 0.15) is 12.0 Å². The maximum Gasteiger partial charge on any atom is 0.219 e. The van der Waals surface area contributed by atoms with E-state index < -0.39 is 18.1 Å². The summed E-state index contributed by atoms with van der Waals surface area (Å²) in [6, 6.07) is 0.548. The highest BCUT2D eigenvalue weighted by Crippen LogP contribution is 2.02. The van der Waals surface area contributed by atoms with Crippen molar-refractivity contribution in [2.75, 3.05) is 0 Å². The second kappa shape index (κ2) is 3.51. The van der Waals surface area contributed by atoms with E-state index in [9.17, 15) is 13.2 Å². The molecule has 1 heterocycles. The zero-order chi connectivity index (χ0) is 9.14. The van der Waals surface area contributed by atoms with Gasteiger partial charge in [0.15, 0.2) is 0 Å². The molecule has 12 heavy (non-hydrogen) atoms. The minimum Gasteiger partial charge on any atom is -0.247 e. The third-order valence-electron chi connectivity index (χ3n) is 1.17. The highest BCUT2D eigenvalue weighted by Gasteiger charge is 2.07. The van der Waals surface area contributed by atoms with E-state index in [0.29, 0.717) is 6.07 Å². The molecule has 1 aromatic rings. The lowest BCUT2D eigenvalue weighted by atomic mass is 10.3. The van der Waals surface area contributed by atoms with Gasteiger partial charge in [-0.15, -0.1) is 0 Å². The number of halogens is 3. The summed E-state index contributed by atoms with van der Waals surface area (Å²) >= 11 is 0. The molecule has 5 heteroatoms. The second-order valence-corrected chi connectivity index (χ2v) is 2.41. The lowest BCUT2D eigenvalue weighted by molar-refractivity contribution is 0.350. The van der Waals surface area contributed by atoms with Crippen LogP contribution in [0.5, 0.6) is 0 Å². The van der Waals surface area contributed by atoms with Crippen LogP contribution in [0, 0.1) is 11.9 Å². The Hall–Kier alpha value is -1.13. The van der Waals surface area contributed by atoms with E-state index in [2.05, 4.69) is 9.97 Å². The Bertz CT molecular complexity index is 255. The summed E-state index contributed by atoms with van der Waals surface area (Å²) in [4.78, 5) is 6.43. The number of hydrogen-bond donors (Lipinski definition) is 0. The quantitative estimate of drug-likeness (QED) is 0.640. The highest BCUT2D eigenvalue weighted by atomic mass is 19.1. The Morgan fingerprint density at radius 3 is 2.25 bits per heavy atom. The standard InChI is InChI=1S/C7H7F3N2/c1-4(8)2-7-11-5(9)3-6(10)12-7/h3-4H,2H2,1H3. The minimum absolute atomic E-state index is 0.150. The van der Waals surface area contributed by atoms with E-state index in [0.717, 1.165) is 0 Å². The average molecular weight is 176 g/mol. The van der Waals surface area contributed by atoms with Crippen LogP contribution in [0.15, 0.2) is 6.07 Å². The van der Waals surface area contributed by atoms with E-state index in [1.54, 1.807) is 0 Å². The van der Waals surface area contributed by atoms with Crippen molar-refractivity contribution in [3.63, 3.8) is 0 Å². The maximum atomic E-state index is 12.4. The van der Waals surface area contributed by atoms with E-state index in [-0.39, 0.29) is 12.2 Å². The van der Waals surface area contributed by atoms with Gasteiger partial charge in [0, 0.05) is 12.5 Å². The first-order valence-electron chi connectivity index (χ1n) is 3.41. The number of nitrogens with zero attached hydrogens (tertiary/aromatic N) is 2. The fourth-order valence-electron chi connectivity index (χ4n) is 0.777. The summed E-state index contributed by atoms with van der Waals surface area (Å²) in [6.07, 6.45) is -1.37. The molecule has 0 amide bonds. The van der Waals surface area contributed by atoms with Gasteiger partial charge in [-0.1, -0.05) is 0 Å². The van der Waals surface area contributed by atoms with Crippen molar-refractivity contribution in [2.45, 2.75) is 19.5 Å². The molecular weight excluding hydrogens is 169 g/mol. The van der Waals surface area contributed by atoms with Crippen molar-refractivity contribution in [1.29, 1.82) is 0 Å². The summed E-state index contributed by atoms with van der Waals surface area (Å²) in [5.41, 5.74) is 0. The summed E-state index contributed by atoms with van der Waals surface area (Å²) < 4.78 is 37.1. The van der Waals surface area contributed by atoms with Gasteiger partial charge in [0.05, 0.1) is 0 Å². The molecule has 0 aliphatic carbocycles. The summed E-state index contributed by atoms with van der Waals surface area (Å²) in [7, 11) is 0. The largest absolute Gasteiger partial charge is 0.247 e. The minimum atomic E-state index is -1.20. The molecule has 1 aromatic heterocycles. The van der Waals surface area contributed by atoms with Gasteiger partial charge in [-0.05, 0) is 6.92 Å². The molecular formula is C7H7F3N2. The molecule has 1 atom stereocenters. The van der Waals surface area contributed by atoms with E-state index in [4.69, 9.17) is 0 Å². The molecule has 1 rings (SSSR count). The van der Waals surface area contributed by atoms with Crippen molar-refractivity contribution >= 4 is 0 Å². The molecule has 0 aliphatic heterocycles. The van der Waals surface area contributed by atoms with E-state index >= 15 is 0 Å². The molecule has 0 aromatic carbocycles. The predicted molar refractivity (Wildman–Crippen MR) is 36.2 cm³/mol. The molecule has 0 aliphatic rings. The summed E-state index contributed by atoms with van der Waals surface area (Å²) in [6.45, 7) is 1.27. The monoisotopic (exact) mass is 176 g/mol. The maximum absolute atomic E-state index is 12.4. The lowest BCUT2D eigenvalue weighted by Gasteiger charge is -1.99. The Kier molecular flexibility index (Phi) is 2.62. The topological polar surface area (TPSA) is 25.8 Å². The second-order valence-electron chi connectivity index (χ2n) is 2.41. The molecule has 0 spiro atoms.